The lowest BCUT2D eigenvalue weighted by Gasteiger charge is -2.27. The Balaban J connectivity index is 1.62. The van der Waals surface area contributed by atoms with Crippen LogP contribution in [-0.4, -0.2) is 56.9 Å². The molecule has 1 heterocycles. The van der Waals surface area contributed by atoms with E-state index in [2.05, 4.69) is 10.2 Å². The number of hydrogen-bond acceptors (Lipinski definition) is 4. The van der Waals surface area contributed by atoms with Crippen LogP contribution in [-0.2, 0) is 14.6 Å². The van der Waals surface area contributed by atoms with Gasteiger partial charge >= 0.3 is 0 Å². The summed E-state index contributed by atoms with van der Waals surface area (Å²) in [5.74, 6) is 0.0287. The number of nitrogens with one attached hydrogen (secondary N) is 1. The van der Waals surface area contributed by atoms with Crippen LogP contribution in [0.4, 0.5) is 0 Å². The fourth-order valence-electron chi connectivity index (χ4n) is 3.20. The van der Waals surface area contributed by atoms with Crippen molar-refractivity contribution in [3.8, 4) is 0 Å². The minimum Gasteiger partial charge on any atom is -0.354 e. The molecule has 0 aliphatic carbocycles. The monoisotopic (exact) mass is 372 g/mol. The molecule has 2 aromatic carbocycles. The molecule has 138 valence electrons. The molecule has 1 saturated heterocycles. The van der Waals surface area contributed by atoms with Crippen LogP contribution in [0.5, 0.6) is 0 Å². The van der Waals surface area contributed by atoms with Gasteiger partial charge in [0.15, 0.2) is 9.84 Å². The average Bonchev–Trinajstić information content (AvgIpc) is 2.65. The third kappa shape index (κ3) is 4.93. The van der Waals surface area contributed by atoms with E-state index in [1.807, 2.05) is 60.7 Å². The van der Waals surface area contributed by atoms with E-state index >= 15 is 0 Å². The number of nitrogens with zero attached hydrogens (tertiary/aromatic N) is 1. The van der Waals surface area contributed by atoms with E-state index in [1.54, 1.807) is 0 Å². The van der Waals surface area contributed by atoms with Gasteiger partial charge < -0.3 is 5.32 Å². The van der Waals surface area contributed by atoms with Crippen molar-refractivity contribution in [2.75, 3.05) is 37.7 Å². The van der Waals surface area contributed by atoms with Crippen LogP contribution in [0.15, 0.2) is 60.7 Å². The lowest BCUT2D eigenvalue weighted by atomic mass is 9.90. The Kier molecular flexibility index (Phi) is 6.06. The summed E-state index contributed by atoms with van der Waals surface area (Å²) in [4.78, 5) is 14.9. The molecule has 1 aliphatic heterocycles. The van der Waals surface area contributed by atoms with Crippen molar-refractivity contribution in [1.29, 1.82) is 0 Å². The Bertz CT molecular complexity index is 769. The van der Waals surface area contributed by atoms with Crippen molar-refractivity contribution in [3.05, 3.63) is 71.8 Å². The topological polar surface area (TPSA) is 66.5 Å². The van der Waals surface area contributed by atoms with Crippen molar-refractivity contribution >= 4 is 15.7 Å². The van der Waals surface area contributed by atoms with Gasteiger partial charge in [-0.3, -0.25) is 9.69 Å². The molecule has 1 aliphatic rings. The zero-order valence-electron chi connectivity index (χ0n) is 14.7. The highest BCUT2D eigenvalue weighted by molar-refractivity contribution is 7.91. The van der Waals surface area contributed by atoms with Crippen molar-refractivity contribution in [1.82, 2.24) is 10.2 Å². The maximum atomic E-state index is 12.9. The Hall–Kier alpha value is -2.18. The first-order chi connectivity index (χ1) is 12.6. The molecule has 0 saturated carbocycles. The molecule has 0 bridgehead atoms. The van der Waals surface area contributed by atoms with Gasteiger partial charge in [0.2, 0.25) is 5.91 Å². The zero-order valence-corrected chi connectivity index (χ0v) is 15.5. The van der Waals surface area contributed by atoms with Crippen molar-refractivity contribution in [3.63, 3.8) is 0 Å². The largest absolute Gasteiger partial charge is 0.354 e. The molecule has 0 unspecified atom stereocenters. The van der Waals surface area contributed by atoms with E-state index in [0.29, 0.717) is 26.2 Å². The van der Waals surface area contributed by atoms with Crippen LogP contribution in [0.3, 0.4) is 0 Å². The minimum absolute atomic E-state index is 0.0352. The quantitative estimate of drug-likeness (QED) is 0.838. The highest BCUT2D eigenvalue weighted by Gasteiger charge is 2.24. The number of amides is 1. The summed E-state index contributed by atoms with van der Waals surface area (Å²) in [5.41, 5.74) is 1.92. The first-order valence-corrected chi connectivity index (χ1v) is 10.7. The fourth-order valence-corrected chi connectivity index (χ4v) is 4.48. The zero-order chi connectivity index (χ0) is 18.4. The Morgan fingerprint density at radius 1 is 0.923 bits per heavy atom. The number of benzene rings is 2. The standard InChI is InChI=1S/C20H24N2O3S/c23-20(21-11-12-22-13-15-26(24,25)16-14-22)19(17-7-3-1-4-8-17)18-9-5-2-6-10-18/h1-10,19H,11-16H2,(H,21,23). The Morgan fingerprint density at radius 2 is 1.42 bits per heavy atom. The SMILES string of the molecule is O=C(NCCN1CCS(=O)(=O)CC1)C(c1ccccc1)c1ccccc1. The third-order valence-corrected chi connectivity index (χ3v) is 6.30. The number of rotatable bonds is 6. The highest BCUT2D eigenvalue weighted by Crippen LogP contribution is 2.24. The second kappa shape index (κ2) is 8.47. The summed E-state index contributed by atoms with van der Waals surface area (Å²) < 4.78 is 23.0. The van der Waals surface area contributed by atoms with Gasteiger partial charge in [-0.15, -0.1) is 0 Å². The van der Waals surface area contributed by atoms with E-state index < -0.39 is 9.84 Å². The van der Waals surface area contributed by atoms with E-state index in [9.17, 15) is 13.2 Å². The molecule has 2 aromatic rings. The summed E-state index contributed by atoms with van der Waals surface area (Å²) in [6, 6.07) is 19.5. The summed E-state index contributed by atoms with van der Waals surface area (Å²) in [6.45, 7) is 2.25. The molecular formula is C20H24N2O3S. The van der Waals surface area contributed by atoms with Crippen molar-refractivity contribution in [2.45, 2.75) is 5.92 Å². The minimum atomic E-state index is -2.87. The number of sulfone groups is 1. The van der Waals surface area contributed by atoms with Crippen LogP contribution in [0.1, 0.15) is 17.0 Å². The summed E-state index contributed by atoms with van der Waals surface area (Å²) in [6.07, 6.45) is 0. The van der Waals surface area contributed by atoms with E-state index in [4.69, 9.17) is 0 Å². The number of carbonyl (C=O) groups excluding carboxylic acids is 1. The summed E-state index contributed by atoms with van der Waals surface area (Å²) in [5, 5.41) is 3.02. The van der Waals surface area contributed by atoms with Gasteiger partial charge in [0.05, 0.1) is 17.4 Å². The summed E-state index contributed by atoms with van der Waals surface area (Å²) >= 11 is 0. The number of hydrogen-bond donors (Lipinski definition) is 1. The van der Waals surface area contributed by atoms with Gasteiger partial charge in [-0.2, -0.15) is 0 Å². The van der Waals surface area contributed by atoms with Gasteiger partial charge in [0.1, 0.15) is 0 Å². The maximum Gasteiger partial charge on any atom is 0.232 e. The first kappa shape index (κ1) is 18.6. The van der Waals surface area contributed by atoms with E-state index in [-0.39, 0.29) is 23.3 Å². The van der Waals surface area contributed by atoms with Gasteiger partial charge in [0.25, 0.3) is 0 Å². The lowest BCUT2D eigenvalue weighted by Crippen LogP contribution is -2.44. The normalized spacial score (nSPS) is 17.1. The van der Waals surface area contributed by atoms with Gasteiger partial charge in [-0.25, -0.2) is 8.42 Å². The van der Waals surface area contributed by atoms with Gasteiger partial charge in [0, 0.05) is 26.2 Å². The molecule has 6 heteroatoms. The molecule has 0 aromatic heterocycles. The van der Waals surface area contributed by atoms with E-state index in [0.717, 1.165) is 11.1 Å². The molecule has 26 heavy (non-hydrogen) atoms. The summed E-state index contributed by atoms with van der Waals surface area (Å²) in [7, 11) is -2.87. The maximum absolute atomic E-state index is 12.9. The third-order valence-electron chi connectivity index (χ3n) is 4.69. The van der Waals surface area contributed by atoms with E-state index in [1.165, 1.54) is 0 Å². The molecule has 0 atom stereocenters. The van der Waals surface area contributed by atoms with Crippen LogP contribution >= 0.6 is 0 Å². The molecule has 1 amide bonds. The van der Waals surface area contributed by atoms with Gasteiger partial charge in [-0.1, -0.05) is 60.7 Å². The van der Waals surface area contributed by atoms with Gasteiger partial charge in [-0.05, 0) is 11.1 Å². The predicted octanol–water partition coefficient (Wildman–Crippen LogP) is 1.67. The van der Waals surface area contributed by atoms with Crippen LogP contribution < -0.4 is 5.32 Å². The molecular weight excluding hydrogens is 348 g/mol. The van der Waals surface area contributed by atoms with Crippen LogP contribution in [0.2, 0.25) is 0 Å². The molecule has 5 nitrogen and oxygen atoms in total. The average molecular weight is 372 g/mol. The second-order valence-electron chi connectivity index (χ2n) is 6.54. The lowest BCUT2D eigenvalue weighted by molar-refractivity contribution is -0.121. The Morgan fingerprint density at radius 3 is 1.92 bits per heavy atom. The second-order valence-corrected chi connectivity index (χ2v) is 8.84. The molecule has 1 fully saturated rings. The molecule has 0 radical (unpaired) electrons. The first-order valence-electron chi connectivity index (χ1n) is 8.85. The predicted molar refractivity (Wildman–Crippen MR) is 103 cm³/mol. The Labute approximate surface area is 154 Å². The molecule has 0 spiro atoms. The van der Waals surface area contributed by atoms with Crippen molar-refractivity contribution < 1.29 is 13.2 Å². The van der Waals surface area contributed by atoms with Crippen molar-refractivity contribution in [2.24, 2.45) is 0 Å². The van der Waals surface area contributed by atoms with Crippen LogP contribution in [0, 0.1) is 0 Å². The smallest absolute Gasteiger partial charge is 0.232 e. The number of carbonyl (C=O) groups is 1. The fraction of sp³-hybridized carbons (Fsp3) is 0.350. The highest BCUT2D eigenvalue weighted by atomic mass is 32.2. The molecule has 3 rings (SSSR count). The molecule has 1 N–H and O–H groups in total. The van der Waals surface area contributed by atoms with Crippen LogP contribution in [0.25, 0.3) is 0 Å².